The third-order valence-corrected chi connectivity index (χ3v) is 4.66. The topological polar surface area (TPSA) is 59.8 Å². The molecule has 0 atom stereocenters. The number of halogens is 1. The average Bonchev–Trinajstić information content (AvgIpc) is 3.14. The van der Waals surface area contributed by atoms with Crippen LogP contribution in [-0.4, -0.2) is 20.7 Å². The lowest BCUT2D eigenvalue weighted by molar-refractivity contribution is 0.101. The van der Waals surface area contributed by atoms with Gasteiger partial charge in [0.25, 0.3) is 5.91 Å². The Morgan fingerprint density at radius 1 is 0.964 bits per heavy atom. The van der Waals surface area contributed by atoms with Crippen LogP contribution >= 0.6 is 15.9 Å². The third kappa shape index (κ3) is 3.87. The van der Waals surface area contributed by atoms with E-state index in [1.165, 1.54) is 0 Å². The van der Waals surface area contributed by atoms with Crippen molar-refractivity contribution in [2.45, 2.75) is 6.92 Å². The van der Waals surface area contributed by atoms with E-state index in [0.29, 0.717) is 11.5 Å². The second-order valence-corrected chi connectivity index (χ2v) is 7.26. The molecule has 1 heterocycles. The van der Waals surface area contributed by atoms with Crippen LogP contribution in [0.5, 0.6) is 0 Å². The summed E-state index contributed by atoms with van der Waals surface area (Å²) in [6.45, 7) is 2.02. The molecule has 0 bridgehead atoms. The number of amides is 1. The first-order valence-corrected chi connectivity index (χ1v) is 9.56. The van der Waals surface area contributed by atoms with E-state index < -0.39 is 0 Å². The number of hydrogen-bond acceptors (Lipinski definition) is 3. The molecule has 0 aliphatic heterocycles. The normalized spacial score (nSPS) is 10.6. The van der Waals surface area contributed by atoms with Gasteiger partial charge in [0, 0.05) is 15.7 Å². The van der Waals surface area contributed by atoms with Crippen molar-refractivity contribution >= 4 is 27.5 Å². The van der Waals surface area contributed by atoms with Gasteiger partial charge in [-0.2, -0.15) is 0 Å². The molecule has 0 saturated heterocycles. The van der Waals surface area contributed by atoms with Gasteiger partial charge in [0.2, 0.25) is 5.82 Å². The quantitative estimate of drug-likeness (QED) is 0.478. The zero-order valence-electron chi connectivity index (χ0n) is 15.1. The Balaban J connectivity index is 1.76. The highest BCUT2D eigenvalue weighted by molar-refractivity contribution is 9.10. The average molecular weight is 433 g/mol. The van der Waals surface area contributed by atoms with Crippen molar-refractivity contribution in [3.8, 4) is 17.1 Å². The summed E-state index contributed by atoms with van der Waals surface area (Å²) in [6, 6.07) is 25.1. The van der Waals surface area contributed by atoms with Gasteiger partial charge in [0.15, 0.2) is 5.82 Å². The minimum atomic E-state index is -0.360. The summed E-state index contributed by atoms with van der Waals surface area (Å²) in [6.07, 6.45) is 0. The van der Waals surface area contributed by atoms with Gasteiger partial charge in [-0.1, -0.05) is 64.5 Å². The monoisotopic (exact) mass is 432 g/mol. The summed E-state index contributed by atoms with van der Waals surface area (Å²) in [5.41, 5.74) is 3.52. The SMILES string of the molecule is Cc1cccc(-n2nc(C(=O)Nc3cccc(Br)c3)nc2-c2ccccc2)c1. The number of aryl methyl sites for hydroxylation is 1. The molecule has 0 radical (unpaired) electrons. The molecule has 0 spiro atoms. The van der Waals surface area contributed by atoms with Crippen molar-refractivity contribution in [3.63, 3.8) is 0 Å². The van der Waals surface area contributed by atoms with Gasteiger partial charge in [0.05, 0.1) is 5.69 Å². The van der Waals surface area contributed by atoms with Crippen molar-refractivity contribution in [1.82, 2.24) is 14.8 Å². The lowest BCUT2D eigenvalue weighted by atomic mass is 10.2. The molecule has 4 rings (SSSR count). The molecular formula is C22H17BrN4O. The Bertz CT molecular complexity index is 1140. The molecule has 0 saturated carbocycles. The molecular weight excluding hydrogens is 416 g/mol. The summed E-state index contributed by atoms with van der Waals surface area (Å²) in [4.78, 5) is 17.3. The van der Waals surface area contributed by atoms with Gasteiger partial charge in [-0.15, -0.1) is 5.10 Å². The number of carbonyl (C=O) groups excluding carboxylic acids is 1. The first-order chi connectivity index (χ1) is 13.6. The van der Waals surface area contributed by atoms with Crippen LogP contribution in [0.4, 0.5) is 5.69 Å². The Labute approximate surface area is 171 Å². The van der Waals surface area contributed by atoms with E-state index >= 15 is 0 Å². The summed E-state index contributed by atoms with van der Waals surface area (Å²) >= 11 is 3.41. The number of aromatic nitrogens is 3. The predicted octanol–water partition coefficient (Wildman–Crippen LogP) is 5.26. The fourth-order valence-electron chi connectivity index (χ4n) is 2.88. The Morgan fingerprint density at radius 2 is 1.75 bits per heavy atom. The number of carbonyl (C=O) groups is 1. The molecule has 28 heavy (non-hydrogen) atoms. The molecule has 0 aliphatic rings. The Morgan fingerprint density at radius 3 is 2.50 bits per heavy atom. The lowest BCUT2D eigenvalue weighted by Gasteiger charge is -2.06. The maximum absolute atomic E-state index is 12.8. The lowest BCUT2D eigenvalue weighted by Crippen LogP contribution is -2.14. The standard InChI is InChI=1S/C22H17BrN4O/c1-15-7-5-12-19(13-15)27-21(16-8-3-2-4-9-16)25-20(26-27)22(28)24-18-11-6-10-17(23)14-18/h2-14H,1H3,(H,24,28). The van der Waals surface area contributed by atoms with Gasteiger partial charge in [-0.3, -0.25) is 4.79 Å². The molecule has 5 nitrogen and oxygen atoms in total. The van der Waals surface area contributed by atoms with Gasteiger partial charge in [-0.05, 0) is 42.8 Å². The number of benzene rings is 3. The van der Waals surface area contributed by atoms with Crippen molar-refractivity contribution in [1.29, 1.82) is 0 Å². The van der Waals surface area contributed by atoms with Crippen LogP contribution < -0.4 is 5.32 Å². The van der Waals surface area contributed by atoms with Crippen LogP contribution in [0.15, 0.2) is 83.3 Å². The number of nitrogens with one attached hydrogen (secondary N) is 1. The number of rotatable bonds is 4. The third-order valence-electron chi connectivity index (χ3n) is 4.17. The first kappa shape index (κ1) is 18.1. The summed E-state index contributed by atoms with van der Waals surface area (Å²) in [5.74, 6) is 0.368. The fourth-order valence-corrected chi connectivity index (χ4v) is 3.27. The highest BCUT2D eigenvalue weighted by Gasteiger charge is 2.19. The molecule has 1 amide bonds. The maximum Gasteiger partial charge on any atom is 0.295 e. The molecule has 6 heteroatoms. The van der Waals surface area contributed by atoms with Gasteiger partial charge < -0.3 is 5.32 Å². The number of anilines is 1. The molecule has 1 aromatic heterocycles. The van der Waals surface area contributed by atoms with Crippen LogP contribution in [-0.2, 0) is 0 Å². The van der Waals surface area contributed by atoms with E-state index in [-0.39, 0.29) is 11.7 Å². The van der Waals surface area contributed by atoms with Gasteiger partial charge in [0.1, 0.15) is 0 Å². The van der Waals surface area contributed by atoms with Gasteiger partial charge in [-0.25, -0.2) is 9.67 Å². The van der Waals surface area contributed by atoms with Crippen molar-refractivity contribution in [3.05, 3.63) is 94.7 Å². The smallest absolute Gasteiger partial charge is 0.295 e. The van der Waals surface area contributed by atoms with Gasteiger partial charge >= 0.3 is 0 Å². The minimum Gasteiger partial charge on any atom is -0.319 e. The largest absolute Gasteiger partial charge is 0.319 e. The van der Waals surface area contributed by atoms with Crippen molar-refractivity contribution in [2.75, 3.05) is 5.32 Å². The molecule has 1 N–H and O–H groups in total. The highest BCUT2D eigenvalue weighted by Crippen LogP contribution is 2.22. The van der Waals surface area contributed by atoms with E-state index in [1.54, 1.807) is 4.68 Å². The predicted molar refractivity (Wildman–Crippen MR) is 114 cm³/mol. The maximum atomic E-state index is 12.8. The van der Waals surface area contributed by atoms with Crippen LogP contribution in [0.1, 0.15) is 16.2 Å². The second kappa shape index (κ2) is 7.78. The van der Waals surface area contributed by atoms with Crippen molar-refractivity contribution in [2.24, 2.45) is 0 Å². The minimum absolute atomic E-state index is 0.111. The Hall–Kier alpha value is -3.25. The van der Waals surface area contributed by atoms with E-state index in [2.05, 4.69) is 31.3 Å². The van der Waals surface area contributed by atoms with Crippen LogP contribution in [0.3, 0.4) is 0 Å². The molecule has 4 aromatic rings. The number of hydrogen-bond donors (Lipinski definition) is 1. The first-order valence-electron chi connectivity index (χ1n) is 8.76. The molecule has 0 unspecified atom stereocenters. The van der Waals surface area contributed by atoms with E-state index in [4.69, 9.17) is 0 Å². The number of nitrogens with zero attached hydrogens (tertiary/aromatic N) is 3. The highest BCUT2D eigenvalue weighted by atomic mass is 79.9. The van der Waals surface area contributed by atoms with E-state index in [1.807, 2.05) is 85.8 Å². The van der Waals surface area contributed by atoms with Crippen molar-refractivity contribution < 1.29 is 4.79 Å². The molecule has 0 fully saturated rings. The Kier molecular flexibility index (Phi) is 5.04. The molecule has 0 aliphatic carbocycles. The second-order valence-electron chi connectivity index (χ2n) is 6.34. The van der Waals surface area contributed by atoms with E-state index in [9.17, 15) is 4.79 Å². The van der Waals surface area contributed by atoms with Crippen LogP contribution in [0.2, 0.25) is 0 Å². The molecule has 138 valence electrons. The van der Waals surface area contributed by atoms with E-state index in [0.717, 1.165) is 21.3 Å². The van der Waals surface area contributed by atoms with Crippen LogP contribution in [0, 0.1) is 6.92 Å². The summed E-state index contributed by atoms with van der Waals surface area (Å²) < 4.78 is 2.59. The molecule has 3 aromatic carbocycles. The zero-order chi connectivity index (χ0) is 19.5. The summed E-state index contributed by atoms with van der Waals surface area (Å²) in [5, 5.41) is 7.34. The van der Waals surface area contributed by atoms with Crippen LogP contribution in [0.25, 0.3) is 17.1 Å². The zero-order valence-corrected chi connectivity index (χ0v) is 16.7. The summed E-state index contributed by atoms with van der Waals surface area (Å²) in [7, 11) is 0. The fraction of sp³-hybridized carbons (Fsp3) is 0.0455.